The number of likely N-dealkylation sites (tertiary alicyclic amines) is 1. The van der Waals surface area contributed by atoms with Crippen LogP contribution in [0.1, 0.15) is 19.8 Å². The lowest BCUT2D eigenvalue weighted by molar-refractivity contribution is -0.115. The zero-order valence-corrected chi connectivity index (χ0v) is 14.2. The zero-order chi connectivity index (χ0) is 15.1. The maximum Gasteiger partial charge on any atom is 0.238 e. The molecule has 21 heavy (non-hydrogen) atoms. The average Bonchev–Trinajstić information content (AvgIpc) is 2.50. The number of carbonyl (C=O) groups is 1. The van der Waals surface area contributed by atoms with Gasteiger partial charge in [0, 0.05) is 4.47 Å². The number of nitrogens with zero attached hydrogens (tertiary/aromatic N) is 1. The van der Waals surface area contributed by atoms with Gasteiger partial charge in [0.25, 0.3) is 0 Å². The molecule has 0 aromatic heterocycles. The van der Waals surface area contributed by atoms with Crippen molar-refractivity contribution in [2.24, 2.45) is 5.92 Å². The number of anilines is 1. The molecule has 1 aromatic rings. The first-order valence-electron chi connectivity index (χ1n) is 7.66. The van der Waals surface area contributed by atoms with Crippen LogP contribution in [0.3, 0.4) is 0 Å². The summed E-state index contributed by atoms with van der Waals surface area (Å²) in [6.07, 6.45) is 2.46. The molecule has 0 saturated carbocycles. The standard InChI is InChI=1S/C16H24BrN3O/c1-2-20-9-7-13(8-10-20)11-18-12-16(21)19-15-6-4-3-5-14(15)17/h3-6,13,18H,2,7-12H2,1H3,(H,19,21). The van der Waals surface area contributed by atoms with E-state index in [2.05, 4.69) is 38.4 Å². The van der Waals surface area contributed by atoms with Crippen molar-refractivity contribution in [3.63, 3.8) is 0 Å². The summed E-state index contributed by atoms with van der Waals surface area (Å²) in [6, 6.07) is 7.66. The van der Waals surface area contributed by atoms with Gasteiger partial charge in [-0.25, -0.2) is 0 Å². The monoisotopic (exact) mass is 353 g/mol. The molecular formula is C16H24BrN3O. The molecule has 1 aromatic carbocycles. The summed E-state index contributed by atoms with van der Waals surface area (Å²) in [5.74, 6) is 0.706. The van der Waals surface area contributed by atoms with E-state index in [4.69, 9.17) is 0 Å². The Hall–Kier alpha value is -0.910. The molecule has 1 fully saturated rings. The minimum absolute atomic E-state index is 0.00731. The topological polar surface area (TPSA) is 44.4 Å². The number of halogens is 1. The minimum Gasteiger partial charge on any atom is -0.324 e. The van der Waals surface area contributed by atoms with Gasteiger partial charge in [-0.1, -0.05) is 19.1 Å². The van der Waals surface area contributed by atoms with Crippen LogP contribution in [0.5, 0.6) is 0 Å². The minimum atomic E-state index is 0.00731. The maximum atomic E-state index is 11.9. The zero-order valence-electron chi connectivity index (χ0n) is 12.6. The molecule has 0 radical (unpaired) electrons. The van der Waals surface area contributed by atoms with Crippen molar-refractivity contribution in [2.45, 2.75) is 19.8 Å². The molecule has 0 bridgehead atoms. The Bertz CT molecular complexity index is 459. The first-order valence-corrected chi connectivity index (χ1v) is 8.45. The number of amides is 1. The van der Waals surface area contributed by atoms with Crippen LogP contribution >= 0.6 is 15.9 Å². The third kappa shape index (κ3) is 5.41. The summed E-state index contributed by atoms with van der Waals surface area (Å²) in [6.45, 7) is 7.04. The Balaban J connectivity index is 1.65. The Morgan fingerprint density at radius 3 is 2.71 bits per heavy atom. The van der Waals surface area contributed by atoms with Gasteiger partial charge in [0.15, 0.2) is 0 Å². The molecule has 2 N–H and O–H groups in total. The molecule has 0 aliphatic carbocycles. The summed E-state index contributed by atoms with van der Waals surface area (Å²) in [5, 5.41) is 6.19. The van der Waals surface area contributed by atoms with E-state index in [0.717, 1.165) is 23.2 Å². The molecule has 4 nitrogen and oxygen atoms in total. The average molecular weight is 354 g/mol. The van der Waals surface area contributed by atoms with Crippen molar-refractivity contribution in [3.8, 4) is 0 Å². The van der Waals surface area contributed by atoms with Crippen LogP contribution < -0.4 is 10.6 Å². The van der Waals surface area contributed by atoms with Crippen molar-refractivity contribution < 1.29 is 4.79 Å². The lowest BCUT2D eigenvalue weighted by Crippen LogP contribution is -2.38. The number of nitrogens with one attached hydrogen (secondary N) is 2. The molecule has 1 heterocycles. The first-order chi connectivity index (χ1) is 10.2. The third-order valence-electron chi connectivity index (χ3n) is 4.02. The lowest BCUT2D eigenvalue weighted by Gasteiger charge is -2.31. The third-order valence-corrected chi connectivity index (χ3v) is 4.71. The second kappa shape index (κ2) is 8.51. The van der Waals surface area contributed by atoms with Crippen LogP contribution in [0.2, 0.25) is 0 Å². The van der Waals surface area contributed by atoms with Gasteiger partial charge in [-0.3, -0.25) is 4.79 Å². The molecular weight excluding hydrogens is 330 g/mol. The van der Waals surface area contributed by atoms with Crippen LogP contribution in [0.15, 0.2) is 28.7 Å². The Kier molecular flexibility index (Phi) is 6.67. The SMILES string of the molecule is CCN1CCC(CNCC(=O)Nc2ccccc2Br)CC1. The van der Waals surface area contributed by atoms with Gasteiger partial charge in [-0.2, -0.15) is 0 Å². The van der Waals surface area contributed by atoms with Crippen LogP contribution in [-0.4, -0.2) is 43.5 Å². The molecule has 5 heteroatoms. The van der Waals surface area contributed by atoms with Crippen LogP contribution in [0.4, 0.5) is 5.69 Å². The number of benzene rings is 1. The Labute approximate surface area is 135 Å². The first kappa shape index (κ1) is 16.5. The van der Waals surface area contributed by atoms with E-state index >= 15 is 0 Å². The van der Waals surface area contributed by atoms with Gasteiger partial charge < -0.3 is 15.5 Å². The highest BCUT2D eigenvalue weighted by Crippen LogP contribution is 2.21. The van der Waals surface area contributed by atoms with Crippen molar-refractivity contribution >= 4 is 27.5 Å². The Morgan fingerprint density at radius 2 is 2.05 bits per heavy atom. The molecule has 0 atom stereocenters. The molecule has 1 aliphatic heterocycles. The van der Waals surface area contributed by atoms with Gasteiger partial charge in [0.05, 0.1) is 12.2 Å². The fraction of sp³-hybridized carbons (Fsp3) is 0.562. The summed E-state index contributed by atoms with van der Waals surface area (Å²) < 4.78 is 0.908. The van der Waals surface area contributed by atoms with Crippen LogP contribution in [0, 0.1) is 5.92 Å². The number of carbonyl (C=O) groups excluding carboxylic acids is 1. The van der Waals surface area contributed by atoms with E-state index in [1.807, 2.05) is 24.3 Å². The predicted octanol–water partition coefficient (Wildman–Crippen LogP) is 2.71. The van der Waals surface area contributed by atoms with Gasteiger partial charge in [0.2, 0.25) is 5.91 Å². The number of piperidine rings is 1. The van der Waals surface area contributed by atoms with Crippen molar-refractivity contribution in [2.75, 3.05) is 38.0 Å². The number of para-hydroxylation sites is 1. The summed E-state index contributed by atoms with van der Waals surface area (Å²) in [5.41, 5.74) is 0.820. The van der Waals surface area contributed by atoms with Crippen molar-refractivity contribution in [1.29, 1.82) is 0 Å². The molecule has 0 spiro atoms. The maximum absolute atomic E-state index is 11.9. The summed E-state index contributed by atoms with van der Waals surface area (Å²) in [7, 11) is 0. The van der Waals surface area contributed by atoms with Gasteiger partial charge in [-0.05, 0) is 73.0 Å². The molecule has 1 aliphatic rings. The van der Waals surface area contributed by atoms with E-state index in [0.29, 0.717) is 12.5 Å². The molecule has 1 amide bonds. The van der Waals surface area contributed by atoms with E-state index in [1.54, 1.807) is 0 Å². The number of rotatable bonds is 6. The highest BCUT2D eigenvalue weighted by Gasteiger charge is 2.17. The molecule has 1 saturated heterocycles. The van der Waals surface area contributed by atoms with E-state index < -0.39 is 0 Å². The lowest BCUT2D eigenvalue weighted by atomic mass is 9.97. The van der Waals surface area contributed by atoms with E-state index in [9.17, 15) is 4.79 Å². The van der Waals surface area contributed by atoms with Crippen molar-refractivity contribution in [1.82, 2.24) is 10.2 Å². The molecule has 2 rings (SSSR count). The predicted molar refractivity (Wildman–Crippen MR) is 90.5 cm³/mol. The van der Waals surface area contributed by atoms with Gasteiger partial charge in [-0.15, -0.1) is 0 Å². The highest BCUT2D eigenvalue weighted by atomic mass is 79.9. The van der Waals surface area contributed by atoms with Gasteiger partial charge in [0.1, 0.15) is 0 Å². The second-order valence-corrected chi connectivity index (χ2v) is 6.39. The van der Waals surface area contributed by atoms with Crippen LogP contribution in [-0.2, 0) is 4.79 Å². The number of hydrogen-bond donors (Lipinski definition) is 2. The van der Waals surface area contributed by atoms with Crippen LogP contribution in [0.25, 0.3) is 0 Å². The van der Waals surface area contributed by atoms with Gasteiger partial charge >= 0.3 is 0 Å². The number of hydrogen-bond acceptors (Lipinski definition) is 3. The highest BCUT2D eigenvalue weighted by molar-refractivity contribution is 9.10. The Morgan fingerprint density at radius 1 is 1.33 bits per heavy atom. The quantitative estimate of drug-likeness (QED) is 0.826. The van der Waals surface area contributed by atoms with Crippen molar-refractivity contribution in [3.05, 3.63) is 28.7 Å². The van der Waals surface area contributed by atoms with E-state index in [-0.39, 0.29) is 5.91 Å². The smallest absolute Gasteiger partial charge is 0.238 e. The largest absolute Gasteiger partial charge is 0.324 e. The fourth-order valence-corrected chi connectivity index (χ4v) is 3.04. The normalized spacial score (nSPS) is 16.9. The molecule has 0 unspecified atom stereocenters. The fourth-order valence-electron chi connectivity index (χ4n) is 2.65. The molecule has 116 valence electrons. The second-order valence-electron chi connectivity index (χ2n) is 5.54. The summed E-state index contributed by atoms with van der Waals surface area (Å²) in [4.78, 5) is 14.4. The van der Waals surface area contributed by atoms with E-state index in [1.165, 1.54) is 25.9 Å². The summed E-state index contributed by atoms with van der Waals surface area (Å²) >= 11 is 3.43.